The normalized spacial score (nSPS) is 11.8. The second-order valence-corrected chi connectivity index (χ2v) is 4.08. The Hall–Kier alpha value is -2.05. The van der Waals surface area contributed by atoms with Gasteiger partial charge in [0.05, 0.1) is 0 Å². The Bertz CT molecular complexity index is 499. The number of rotatable bonds is 6. The van der Waals surface area contributed by atoms with Crippen LogP contribution in [0, 0.1) is 0 Å². The van der Waals surface area contributed by atoms with Crippen molar-refractivity contribution < 1.29 is 23.1 Å². The van der Waals surface area contributed by atoms with Crippen LogP contribution in [0.1, 0.15) is 31.0 Å². The Labute approximate surface area is 114 Å². The van der Waals surface area contributed by atoms with Crippen molar-refractivity contribution in [1.29, 1.82) is 0 Å². The van der Waals surface area contributed by atoms with Crippen molar-refractivity contribution in [3.63, 3.8) is 0 Å². The molecule has 1 rings (SSSR count). The van der Waals surface area contributed by atoms with Crippen molar-refractivity contribution in [3.05, 3.63) is 29.5 Å². The van der Waals surface area contributed by atoms with Crippen molar-refractivity contribution >= 4 is 17.9 Å². The lowest BCUT2D eigenvalue weighted by Gasteiger charge is -2.12. The van der Waals surface area contributed by atoms with Gasteiger partial charge in [-0.05, 0) is 24.6 Å². The minimum atomic E-state index is -4.53. The van der Waals surface area contributed by atoms with Gasteiger partial charge in [0.25, 0.3) is 0 Å². The third kappa shape index (κ3) is 4.91. The summed E-state index contributed by atoms with van der Waals surface area (Å²) in [6.07, 6.45) is -0.804. The summed E-state index contributed by atoms with van der Waals surface area (Å²) in [7, 11) is 0. The molecule has 110 valence electrons. The summed E-state index contributed by atoms with van der Waals surface area (Å²) in [6, 6.07) is 2.02. The number of nitrogens with one attached hydrogen (secondary N) is 1. The van der Waals surface area contributed by atoms with E-state index in [-0.39, 0.29) is 5.82 Å². The predicted molar refractivity (Wildman–Crippen MR) is 69.3 cm³/mol. The number of carboxylic acids is 1. The summed E-state index contributed by atoms with van der Waals surface area (Å²) in [5.74, 6) is -1.14. The molecular weight excluding hydrogens is 273 g/mol. The van der Waals surface area contributed by atoms with E-state index in [1.165, 1.54) is 12.1 Å². The minimum Gasteiger partial charge on any atom is -0.478 e. The van der Waals surface area contributed by atoms with Crippen LogP contribution in [0.25, 0.3) is 6.08 Å². The smallest absolute Gasteiger partial charge is 0.433 e. The molecule has 0 aromatic carbocycles. The first-order chi connectivity index (χ1) is 9.34. The molecule has 0 aliphatic heterocycles. The molecular formula is C13H15F3N2O2. The number of aromatic nitrogens is 1. The van der Waals surface area contributed by atoms with E-state index >= 15 is 0 Å². The van der Waals surface area contributed by atoms with Gasteiger partial charge in [0.15, 0.2) is 0 Å². The second-order valence-electron chi connectivity index (χ2n) is 4.08. The number of hydrogen-bond donors (Lipinski definition) is 2. The highest BCUT2D eigenvalue weighted by molar-refractivity contribution is 5.86. The molecule has 1 aromatic heterocycles. The van der Waals surface area contributed by atoms with Crippen LogP contribution in [-0.4, -0.2) is 22.6 Å². The Morgan fingerprint density at radius 3 is 2.70 bits per heavy atom. The van der Waals surface area contributed by atoms with Crippen molar-refractivity contribution in [2.24, 2.45) is 0 Å². The molecule has 0 amide bonds. The molecule has 0 atom stereocenters. The Morgan fingerprint density at radius 1 is 1.45 bits per heavy atom. The number of carboxylic acid groups (broad SMARTS) is 1. The number of alkyl halides is 3. The number of unbranched alkanes of at least 4 members (excludes halogenated alkanes) is 1. The zero-order valence-electron chi connectivity index (χ0n) is 10.9. The Kier molecular flexibility index (Phi) is 5.54. The number of carbonyl (C=O) groups is 1. The second kappa shape index (κ2) is 6.93. The monoisotopic (exact) mass is 288 g/mol. The van der Waals surface area contributed by atoms with Gasteiger partial charge in [-0.2, -0.15) is 13.2 Å². The van der Waals surface area contributed by atoms with Gasteiger partial charge in [0.1, 0.15) is 11.5 Å². The fourth-order valence-corrected chi connectivity index (χ4v) is 1.45. The van der Waals surface area contributed by atoms with Crippen LogP contribution < -0.4 is 5.32 Å². The van der Waals surface area contributed by atoms with Gasteiger partial charge >= 0.3 is 12.1 Å². The molecule has 0 aliphatic rings. The number of pyridine rings is 1. The van der Waals surface area contributed by atoms with E-state index in [4.69, 9.17) is 5.11 Å². The highest BCUT2D eigenvalue weighted by Crippen LogP contribution is 2.29. The number of aliphatic carboxylic acids is 1. The van der Waals surface area contributed by atoms with Crippen LogP contribution in [0.5, 0.6) is 0 Å². The van der Waals surface area contributed by atoms with Crippen LogP contribution >= 0.6 is 0 Å². The highest BCUT2D eigenvalue weighted by Gasteiger charge is 2.32. The lowest BCUT2D eigenvalue weighted by molar-refractivity contribution is -0.141. The average molecular weight is 288 g/mol. The molecule has 20 heavy (non-hydrogen) atoms. The van der Waals surface area contributed by atoms with E-state index in [2.05, 4.69) is 10.3 Å². The van der Waals surface area contributed by atoms with Gasteiger partial charge in [-0.3, -0.25) is 0 Å². The van der Waals surface area contributed by atoms with Crippen molar-refractivity contribution in [3.8, 4) is 0 Å². The molecule has 0 bridgehead atoms. The van der Waals surface area contributed by atoms with Crippen LogP contribution in [0.4, 0.5) is 19.0 Å². The van der Waals surface area contributed by atoms with Crippen molar-refractivity contribution in [1.82, 2.24) is 4.98 Å². The van der Waals surface area contributed by atoms with E-state index in [0.29, 0.717) is 12.1 Å². The van der Waals surface area contributed by atoms with Crippen LogP contribution in [0.3, 0.4) is 0 Å². The highest BCUT2D eigenvalue weighted by atomic mass is 19.4. The first-order valence-electron chi connectivity index (χ1n) is 6.07. The first kappa shape index (κ1) is 16.0. The Balaban J connectivity index is 3.06. The first-order valence-corrected chi connectivity index (χ1v) is 6.07. The quantitative estimate of drug-likeness (QED) is 0.622. The lowest BCUT2D eigenvalue weighted by Crippen LogP contribution is -2.12. The summed E-state index contributed by atoms with van der Waals surface area (Å²) in [4.78, 5) is 14.0. The van der Waals surface area contributed by atoms with E-state index in [1.54, 1.807) is 0 Å². The van der Waals surface area contributed by atoms with E-state index < -0.39 is 17.8 Å². The van der Waals surface area contributed by atoms with E-state index in [9.17, 15) is 18.0 Å². The summed E-state index contributed by atoms with van der Waals surface area (Å²) in [5, 5.41) is 11.4. The largest absolute Gasteiger partial charge is 0.478 e. The standard InChI is InChI=1S/C13H15F3N2O2/c1-2-3-8-17-12-9(5-7-11(19)20)4-6-10(18-12)13(14,15)16/h4-7H,2-3,8H2,1H3,(H,17,18)(H,19,20)/b7-5+. The molecule has 1 aromatic rings. The minimum absolute atomic E-state index is 0.0331. The molecule has 0 unspecified atom stereocenters. The maximum Gasteiger partial charge on any atom is 0.433 e. The fraction of sp³-hybridized carbons (Fsp3) is 0.385. The predicted octanol–water partition coefficient (Wildman–Crippen LogP) is 3.41. The summed E-state index contributed by atoms with van der Waals surface area (Å²) < 4.78 is 37.8. The fourth-order valence-electron chi connectivity index (χ4n) is 1.45. The van der Waals surface area contributed by atoms with E-state index in [1.807, 2.05) is 6.92 Å². The topological polar surface area (TPSA) is 62.2 Å². The molecule has 1 heterocycles. The number of anilines is 1. The molecule has 0 spiro atoms. The van der Waals surface area contributed by atoms with Crippen molar-refractivity contribution in [2.45, 2.75) is 25.9 Å². The lowest BCUT2D eigenvalue weighted by atomic mass is 10.2. The SMILES string of the molecule is CCCCNc1nc(C(F)(F)F)ccc1/C=C/C(=O)O. The third-order valence-corrected chi connectivity index (χ3v) is 2.45. The van der Waals surface area contributed by atoms with Gasteiger partial charge in [0, 0.05) is 18.2 Å². The molecule has 4 nitrogen and oxygen atoms in total. The molecule has 0 aliphatic carbocycles. The maximum atomic E-state index is 12.6. The van der Waals surface area contributed by atoms with Gasteiger partial charge in [-0.15, -0.1) is 0 Å². The van der Waals surface area contributed by atoms with Crippen molar-refractivity contribution in [2.75, 3.05) is 11.9 Å². The summed E-state index contributed by atoms with van der Waals surface area (Å²) >= 11 is 0. The maximum absolute atomic E-state index is 12.6. The van der Waals surface area contributed by atoms with Gasteiger partial charge in [-0.25, -0.2) is 9.78 Å². The van der Waals surface area contributed by atoms with Gasteiger partial charge < -0.3 is 10.4 Å². The van der Waals surface area contributed by atoms with E-state index in [0.717, 1.165) is 25.0 Å². The molecule has 0 fully saturated rings. The van der Waals surface area contributed by atoms with Crippen LogP contribution in [0.2, 0.25) is 0 Å². The molecule has 0 saturated heterocycles. The number of halogens is 3. The molecule has 0 radical (unpaired) electrons. The zero-order chi connectivity index (χ0) is 15.2. The molecule has 2 N–H and O–H groups in total. The van der Waals surface area contributed by atoms with Gasteiger partial charge in [-0.1, -0.05) is 13.3 Å². The Morgan fingerprint density at radius 2 is 2.15 bits per heavy atom. The third-order valence-electron chi connectivity index (χ3n) is 2.45. The molecule has 0 saturated carbocycles. The summed E-state index contributed by atoms with van der Waals surface area (Å²) in [6.45, 7) is 2.42. The average Bonchev–Trinajstić information content (AvgIpc) is 2.36. The number of nitrogens with zero attached hydrogens (tertiary/aromatic N) is 1. The zero-order valence-corrected chi connectivity index (χ0v) is 10.9. The van der Waals surface area contributed by atoms with Crippen LogP contribution in [-0.2, 0) is 11.0 Å². The molecule has 7 heteroatoms. The number of hydrogen-bond acceptors (Lipinski definition) is 3. The summed E-state index contributed by atoms with van der Waals surface area (Å²) in [5.41, 5.74) is -0.708. The van der Waals surface area contributed by atoms with Crippen LogP contribution in [0.15, 0.2) is 18.2 Å². The van der Waals surface area contributed by atoms with Gasteiger partial charge in [0.2, 0.25) is 0 Å².